The molecule has 150 valence electrons. The van der Waals surface area contributed by atoms with Gasteiger partial charge in [0.1, 0.15) is 10.6 Å². The molecule has 2 N–H and O–H groups in total. The molecule has 5 aromatic rings. The van der Waals surface area contributed by atoms with E-state index in [9.17, 15) is 4.39 Å². The lowest BCUT2D eigenvalue weighted by molar-refractivity contribution is 0.420. The van der Waals surface area contributed by atoms with Crippen LogP contribution in [0.5, 0.6) is 0 Å². The lowest BCUT2D eigenvalue weighted by Gasteiger charge is -2.05. The van der Waals surface area contributed by atoms with Gasteiger partial charge in [0.25, 0.3) is 5.89 Å². The van der Waals surface area contributed by atoms with Gasteiger partial charge in [-0.15, -0.1) is 11.3 Å². The van der Waals surface area contributed by atoms with Crippen molar-refractivity contribution in [2.45, 2.75) is 19.5 Å². The highest BCUT2D eigenvalue weighted by molar-refractivity contribution is 7.21. The minimum absolute atomic E-state index is 0.250. The second-order valence-corrected chi connectivity index (χ2v) is 8.08. The summed E-state index contributed by atoms with van der Waals surface area (Å²) in [6, 6.07) is 17.7. The van der Waals surface area contributed by atoms with Gasteiger partial charge in [-0.25, -0.2) is 4.39 Å². The third-order valence-corrected chi connectivity index (χ3v) is 6.08. The quantitative estimate of drug-likeness (QED) is 0.447. The van der Waals surface area contributed by atoms with Crippen molar-refractivity contribution in [2.75, 3.05) is 0 Å². The van der Waals surface area contributed by atoms with E-state index < -0.39 is 6.04 Å². The summed E-state index contributed by atoms with van der Waals surface area (Å²) in [6.07, 6.45) is 0. The van der Waals surface area contributed by atoms with Crippen LogP contribution in [0.3, 0.4) is 0 Å². The molecule has 3 aromatic heterocycles. The Morgan fingerprint density at radius 2 is 1.90 bits per heavy atom. The Hall–Kier alpha value is -3.36. The Morgan fingerprint density at radius 1 is 1.13 bits per heavy atom. The maximum atomic E-state index is 13.2. The zero-order chi connectivity index (χ0) is 20.7. The molecule has 0 saturated carbocycles. The molecule has 0 bridgehead atoms. The van der Waals surface area contributed by atoms with Crippen LogP contribution >= 0.6 is 11.3 Å². The van der Waals surface area contributed by atoms with Crippen molar-refractivity contribution in [3.63, 3.8) is 0 Å². The highest BCUT2D eigenvalue weighted by Crippen LogP contribution is 2.35. The van der Waals surface area contributed by atoms with E-state index in [4.69, 9.17) is 10.3 Å². The van der Waals surface area contributed by atoms with Crippen LogP contribution in [0.25, 0.3) is 21.0 Å². The Morgan fingerprint density at radius 3 is 2.67 bits per heavy atom. The first-order valence-electron chi connectivity index (χ1n) is 9.44. The predicted molar refractivity (Wildman–Crippen MR) is 114 cm³/mol. The molecule has 8 heteroatoms. The lowest BCUT2D eigenvalue weighted by atomic mass is 10.1. The second kappa shape index (κ2) is 7.47. The van der Waals surface area contributed by atoms with Crippen LogP contribution in [0, 0.1) is 12.7 Å². The predicted octanol–water partition coefficient (Wildman–Crippen LogP) is 4.69. The average molecular weight is 419 g/mol. The normalized spacial score (nSPS) is 12.5. The number of aryl methyl sites for hydroxylation is 1. The molecule has 3 heterocycles. The number of halogens is 1. The van der Waals surface area contributed by atoms with Crippen LogP contribution in [0.2, 0.25) is 0 Å². The van der Waals surface area contributed by atoms with Crippen molar-refractivity contribution in [1.29, 1.82) is 0 Å². The second-order valence-electron chi connectivity index (χ2n) is 7.05. The van der Waals surface area contributed by atoms with Crippen LogP contribution in [0.4, 0.5) is 4.39 Å². The van der Waals surface area contributed by atoms with Crippen molar-refractivity contribution in [2.24, 2.45) is 5.73 Å². The summed E-state index contributed by atoms with van der Waals surface area (Å²) in [4.78, 5) is 6.38. The molecule has 0 fully saturated rings. The van der Waals surface area contributed by atoms with Crippen LogP contribution in [0.15, 0.2) is 65.2 Å². The van der Waals surface area contributed by atoms with Crippen molar-refractivity contribution in [3.8, 4) is 10.8 Å². The van der Waals surface area contributed by atoms with Crippen molar-refractivity contribution < 1.29 is 8.91 Å². The summed E-state index contributed by atoms with van der Waals surface area (Å²) >= 11 is 1.53. The maximum Gasteiger partial charge on any atom is 0.268 e. The first kappa shape index (κ1) is 18.7. The van der Waals surface area contributed by atoms with E-state index in [1.54, 1.807) is 12.1 Å². The number of nitrogens with two attached hydrogens (primary N) is 1. The Bertz CT molecular complexity index is 1310. The van der Waals surface area contributed by atoms with Gasteiger partial charge in [0.05, 0.1) is 23.2 Å². The van der Waals surface area contributed by atoms with Gasteiger partial charge >= 0.3 is 0 Å². The molecular weight excluding hydrogens is 401 g/mol. The highest BCUT2D eigenvalue weighted by Gasteiger charge is 2.20. The van der Waals surface area contributed by atoms with Gasteiger partial charge < -0.3 is 10.3 Å². The van der Waals surface area contributed by atoms with Gasteiger partial charge in [-0.1, -0.05) is 47.6 Å². The number of thiophene rings is 1. The number of nitrogens with zero attached hydrogens (tertiary/aromatic N) is 4. The number of aromatic nitrogens is 4. The lowest BCUT2D eigenvalue weighted by Crippen LogP contribution is -2.13. The molecular formula is C22H18FN5OS. The van der Waals surface area contributed by atoms with Crippen molar-refractivity contribution >= 4 is 21.6 Å². The van der Waals surface area contributed by atoms with E-state index in [1.165, 1.54) is 23.5 Å². The largest absolute Gasteiger partial charge is 0.333 e. The monoisotopic (exact) mass is 419 g/mol. The molecule has 6 nitrogen and oxygen atoms in total. The summed E-state index contributed by atoms with van der Waals surface area (Å²) < 4.78 is 20.6. The summed E-state index contributed by atoms with van der Waals surface area (Å²) in [5.41, 5.74) is 9.10. The summed E-state index contributed by atoms with van der Waals surface area (Å²) in [5.74, 6) is 0.628. The number of rotatable bonds is 5. The van der Waals surface area contributed by atoms with E-state index in [2.05, 4.69) is 15.2 Å². The molecule has 0 spiro atoms. The number of hydrogen-bond acceptors (Lipinski definition) is 6. The molecule has 1 atom stereocenters. The molecule has 1 unspecified atom stereocenters. The number of fused-ring (bicyclic) bond motifs is 1. The zero-order valence-corrected chi connectivity index (χ0v) is 16.9. The van der Waals surface area contributed by atoms with Gasteiger partial charge in [0.2, 0.25) is 0 Å². The Labute approximate surface area is 175 Å². The van der Waals surface area contributed by atoms with E-state index in [0.29, 0.717) is 18.3 Å². The zero-order valence-electron chi connectivity index (χ0n) is 16.1. The molecule has 2 aromatic carbocycles. The first-order valence-corrected chi connectivity index (χ1v) is 10.3. The fourth-order valence-electron chi connectivity index (χ4n) is 3.36. The molecule has 5 rings (SSSR count). The fraction of sp³-hybridized carbons (Fsp3) is 0.136. The van der Waals surface area contributed by atoms with Crippen molar-refractivity contribution in [3.05, 3.63) is 89.1 Å². The third-order valence-electron chi connectivity index (χ3n) is 4.94. The Kier molecular flexibility index (Phi) is 4.65. The molecule has 0 radical (unpaired) electrons. The summed E-state index contributed by atoms with van der Waals surface area (Å²) in [6.45, 7) is 2.52. The minimum Gasteiger partial charge on any atom is -0.333 e. The highest BCUT2D eigenvalue weighted by atomic mass is 32.1. The van der Waals surface area contributed by atoms with Gasteiger partial charge in [-0.05, 0) is 36.2 Å². The SMILES string of the molecule is Cc1nn(Cc2ccc(F)cc2)c2sc(-c3nc(C(N)c4ccccc4)no3)cc12. The average Bonchev–Trinajstić information content (AvgIpc) is 3.47. The van der Waals surface area contributed by atoms with E-state index >= 15 is 0 Å². The summed E-state index contributed by atoms with van der Waals surface area (Å²) in [5, 5.41) is 9.74. The van der Waals surface area contributed by atoms with Gasteiger partial charge in [0.15, 0.2) is 5.82 Å². The molecule has 0 saturated heterocycles. The van der Waals surface area contributed by atoms with E-state index in [1.807, 2.05) is 48.0 Å². The minimum atomic E-state index is -0.450. The smallest absolute Gasteiger partial charge is 0.268 e. The van der Waals surface area contributed by atoms with Gasteiger partial charge in [0, 0.05) is 5.39 Å². The van der Waals surface area contributed by atoms with Crippen LogP contribution in [-0.4, -0.2) is 19.9 Å². The van der Waals surface area contributed by atoms with Crippen molar-refractivity contribution in [1.82, 2.24) is 19.9 Å². The fourth-order valence-corrected chi connectivity index (χ4v) is 4.44. The molecule has 0 amide bonds. The number of benzene rings is 2. The van der Waals surface area contributed by atoms with Gasteiger partial charge in [-0.3, -0.25) is 4.68 Å². The summed E-state index contributed by atoms with van der Waals surface area (Å²) in [7, 11) is 0. The molecule has 0 aliphatic carbocycles. The topological polar surface area (TPSA) is 82.8 Å². The maximum absolute atomic E-state index is 13.2. The molecule has 30 heavy (non-hydrogen) atoms. The van der Waals surface area contributed by atoms with Gasteiger partial charge in [-0.2, -0.15) is 10.1 Å². The van der Waals surface area contributed by atoms with Crippen LogP contribution in [0.1, 0.15) is 28.7 Å². The molecule has 0 aliphatic heterocycles. The van der Waals surface area contributed by atoms with Crippen LogP contribution < -0.4 is 5.73 Å². The first-order chi connectivity index (χ1) is 14.6. The van der Waals surface area contributed by atoms with Crippen LogP contribution in [-0.2, 0) is 6.54 Å². The standard InChI is InChI=1S/C22H18FN5OS/c1-13-17-11-18(21-25-20(27-29-21)19(24)15-5-3-2-4-6-15)30-22(17)28(26-13)12-14-7-9-16(23)10-8-14/h2-11,19H,12,24H2,1H3. The third kappa shape index (κ3) is 3.40. The van der Waals surface area contributed by atoms with E-state index in [-0.39, 0.29) is 5.82 Å². The molecule has 0 aliphatic rings. The van der Waals surface area contributed by atoms with E-state index in [0.717, 1.165) is 31.9 Å². The Balaban J connectivity index is 1.46. The number of hydrogen-bond donors (Lipinski definition) is 1.